The number of aliphatic hydroxyl groups excluding tert-OH is 2. The summed E-state index contributed by atoms with van der Waals surface area (Å²) in [5, 5.41) is 22.6. The summed E-state index contributed by atoms with van der Waals surface area (Å²) in [6.45, 7) is 21.1. The van der Waals surface area contributed by atoms with Gasteiger partial charge in [-0.3, -0.25) is 0 Å². The van der Waals surface area contributed by atoms with Crippen LogP contribution in [0.15, 0.2) is 23.8 Å². The molecule has 4 saturated carbocycles. The Hall–Kier alpha value is -0.600. The maximum Gasteiger partial charge on any atom is 0.0594 e. The molecule has 0 radical (unpaired) electrons. The van der Waals surface area contributed by atoms with Crippen molar-refractivity contribution < 1.29 is 10.2 Å². The van der Waals surface area contributed by atoms with E-state index in [1.807, 2.05) is 0 Å². The van der Waals surface area contributed by atoms with Gasteiger partial charge in [0.15, 0.2) is 0 Å². The summed E-state index contributed by atoms with van der Waals surface area (Å²) >= 11 is 0. The minimum Gasteiger partial charge on any atom is -0.393 e. The molecule has 4 aliphatic rings. The zero-order valence-electron chi connectivity index (χ0n) is 22.0. The zero-order valence-corrected chi connectivity index (χ0v) is 22.0. The first kappa shape index (κ1) is 24.5. The van der Waals surface area contributed by atoms with Gasteiger partial charge in [0, 0.05) is 0 Å². The van der Waals surface area contributed by atoms with Crippen LogP contribution in [0.1, 0.15) is 106 Å². The summed E-state index contributed by atoms with van der Waals surface area (Å²) in [6, 6.07) is 0. The quantitative estimate of drug-likeness (QED) is 0.448. The number of fused-ring (bicyclic) bond motifs is 5. The van der Waals surface area contributed by atoms with Gasteiger partial charge in [-0.05, 0) is 117 Å². The molecule has 0 aromatic carbocycles. The Morgan fingerprint density at radius 1 is 0.906 bits per heavy atom. The average Bonchev–Trinajstić information content (AvgIpc) is 3.07. The first-order chi connectivity index (χ1) is 14.8. The summed E-state index contributed by atoms with van der Waals surface area (Å²) in [5.74, 6) is 1.90. The molecule has 2 heteroatoms. The van der Waals surface area contributed by atoms with E-state index in [9.17, 15) is 10.2 Å². The van der Waals surface area contributed by atoms with Crippen LogP contribution in [0.3, 0.4) is 0 Å². The maximum absolute atomic E-state index is 11.7. The molecule has 4 fully saturated rings. The van der Waals surface area contributed by atoms with Gasteiger partial charge < -0.3 is 10.2 Å². The molecule has 0 heterocycles. The number of hydrogen-bond acceptors (Lipinski definition) is 2. The predicted molar refractivity (Wildman–Crippen MR) is 134 cm³/mol. The normalized spacial score (nSPS) is 49.5. The lowest BCUT2D eigenvalue weighted by Gasteiger charge is -2.70. The molecule has 182 valence electrons. The maximum atomic E-state index is 11.7. The molecule has 0 aromatic heterocycles. The molecule has 2 N–H and O–H groups in total. The van der Waals surface area contributed by atoms with Crippen LogP contribution in [-0.4, -0.2) is 22.4 Å². The zero-order chi connectivity index (χ0) is 23.7. The SMILES string of the molecule is C=C(CCC=C(C)C)C1CCC2(C)C1C(O)CC1C3(C)CCC(O)C(C)(C)C3CCC12C. The first-order valence-electron chi connectivity index (χ1n) is 13.5. The van der Waals surface area contributed by atoms with Gasteiger partial charge in [0.05, 0.1) is 12.2 Å². The van der Waals surface area contributed by atoms with Gasteiger partial charge in [0.2, 0.25) is 0 Å². The second-order valence-corrected chi connectivity index (χ2v) is 13.8. The summed E-state index contributed by atoms with van der Waals surface area (Å²) in [7, 11) is 0. The van der Waals surface area contributed by atoms with Crippen molar-refractivity contribution in [1.82, 2.24) is 0 Å². The Labute approximate surface area is 198 Å². The number of allylic oxidation sites excluding steroid dienone is 3. The third kappa shape index (κ3) is 3.33. The molecule has 2 nitrogen and oxygen atoms in total. The largest absolute Gasteiger partial charge is 0.393 e. The van der Waals surface area contributed by atoms with Crippen molar-refractivity contribution in [2.24, 2.45) is 45.3 Å². The molecule has 0 aliphatic heterocycles. The van der Waals surface area contributed by atoms with Crippen molar-refractivity contribution in [2.45, 2.75) is 118 Å². The van der Waals surface area contributed by atoms with Crippen LogP contribution in [0.4, 0.5) is 0 Å². The predicted octanol–water partition coefficient (Wildman–Crippen LogP) is 7.31. The third-order valence-electron chi connectivity index (χ3n) is 11.9. The van der Waals surface area contributed by atoms with Crippen molar-refractivity contribution >= 4 is 0 Å². The highest BCUT2D eigenvalue weighted by Crippen LogP contribution is 2.75. The average molecular weight is 443 g/mol. The molecule has 32 heavy (non-hydrogen) atoms. The molecule has 9 unspecified atom stereocenters. The molecule has 0 spiro atoms. The molecule has 0 bridgehead atoms. The Kier molecular flexibility index (Phi) is 6.11. The molecular formula is C30H50O2. The molecule has 9 atom stereocenters. The van der Waals surface area contributed by atoms with Crippen LogP contribution in [0.25, 0.3) is 0 Å². The minimum atomic E-state index is -0.226. The third-order valence-corrected chi connectivity index (χ3v) is 11.9. The van der Waals surface area contributed by atoms with E-state index < -0.39 is 0 Å². The summed E-state index contributed by atoms with van der Waals surface area (Å²) < 4.78 is 0. The summed E-state index contributed by atoms with van der Waals surface area (Å²) in [5.41, 5.74) is 3.37. The Morgan fingerprint density at radius 3 is 2.22 bits per heavy atom. The van der Waals surface area contributed by atoms with Gasteiger partial charge in [-0.25, -0.2) is 0 Å². The number of aliphatic hydroxyl groups is 2. The Balaban J connectivity index is 1.64. The standard InChI is InChI=1S/C30H50O2/c1-19(2)10-9-11-20(3)21-12-16-30(8)26(21)22(31)18-24-28(6)15-14-25(32)27(4,5)23(28)13-17-29(24,30)7/h10,21-26,31-32H,3,9,11-18H2,1-2,4-8H3. The topological polar surface area (TPSA) is 40.5 Å². The number of rotatable bonds is 4. The van der Waals surface area contributed by atoms with E-state index in [0.717, 1.165) is 32.1 Å². The molecule has 4 aliphatic carbocycles. The van der Waals surface area contributed by atoms with E-state index in [-0.39, 0.29) is 33.9 Å². The van der Waals surface area contributed by atoms with Crippen LogP contribution in [0.5, 0.6) is 0 Å². The van der Waals surface area contributed by atoms with E-state index in [1.54, 1.807) is 0 Å². The molecule has 0 aromatic rings. The monoisotopic (exact) mass is 442 g/mol. The van der Waals surface area contributed by atoms with Crippen molar-refractivity contribution in [3.05, 3.63) is 23.8 Å². The van der Waals surface area contributed by atoms with Gasteiger partial charge in [-0.1, -0.05) is 58.4 Å². The Bertz CT molecular complexity index is 776. The van der Waals surface area contributed by atoms with Crippen LogP contribution in [0.2, 0.25) is 0 Å². The lowest BCUT2D eigenvalue weighted by Crippen LogP contribution is -2.66. The number of hydrogen-bond donors (Lipinski definition) is 2. The molecule has 0 amide bonds. The van der Waals surface area contributed by atoms with Gasteiger partial charge in [0.25, 0.3) is 0 Å². The second kappa shape index (κ2) is 7.98. The lowest BCUT2D eigenvalue weighted by atomic mass is 9.35. The Morgan fingerprint density at radius 2 is 1.56 bits per heavy atom. The van der Waals surface area contributed by atoms with Gasteiger partial charge in [-0.15, -0.1) is 0 Å². The fourth-order valence-corrected chi connectivity index (χ4v) is 9.94. The van der Waals surface area contributed by atoms with Crippen molar-refractivity contribution in [2.75, 3.05) is 0 Å². The highest BCUT2D eigenvalue weighted by atomic mass is 16.3. The van der Waals surface area contributed by atoms with E-state index in [1.165, 1.54) is 36.8 Å². The first-order valence-corrected chi connectivity index (χ1v) is 13.5. The summed E-state index contributed by atoms with van der Waals surface area (Å²) in [6.07, 6.45) is 11.9. The lowest BCUT2D eigenvalue weighted by molar-refractivity contribution is -0.240. The fourth-order valence-electron chi connectivity index (χ4n) is 9.94. The van der Waals surface area contributed by atoms with Crippen LogP contribution >= 0.6 is 0 Å². The van der Waals surface area contributed by atoms with Crippen molar-refractivity contribution in [3.63, 3.8) is 0 Å². The van der Waals surface area contributed by atoms with Gasteiger partial charge in [0.1, 0.15) is 0 Å². The highest BCUT2D eigenvalue weighted by Gasteiger charge is 2.70. The van der Waals surface area contributed by atoms with Crippen LogP contribution in [-0.2, 0) is 0 Å². The van der Waals surface area contributed by atoms with Crippen molar-refractivity contribution in [1.29, 1.82) is 0 Å². The van der Waals surface area contributed by atoms with Crippen LogP contribution in [0, 0.1) is 45.3 Å². The van der Waals surface area contributed by atoms with E-state index >= 15 is 0 Å². The van der Waals surface area contributed by atoms with E-state index in [4.69, 9.17) is 0 Å². The minimum absolute atomic E-state index is 0.0333. The molecule has 4 rings (SSSR count). The van der Waals surface area contributed by atoms with Gasteiger partial charge in [-0.2, -0.15) is 0 Å². The highest BCUT2D eigenvalue weighted by molar-refractivity contribution is 5.22. The van der Waals surface area contributed by atoms with Crippen LogP contribution < -0.4 is 0 Å². The second-order valence-electron chi connectivity index (χ2n) is 13.8. The van der Waals surface area contributed by atoms with E-state index in [0.29, 0.717) is 23.7 Å². The fraction of sp³-hybridized carbons (Fsp3) is 0.867. The van der Waals surface area contributed by atoms with Crippen molar-refractivity contribution in [3.8, 4) is 0 Å². The van der Waals surface area contributed by atoms with Gasteiger partial charge >= 0.3 is 0 Å². The molecule has 0 saturated heterocycles. The van der Waals surface area contributed by atoms with E-state index in [2.05, 4.69) is 61.1 Å². The molecular weight excluding hydrogens is 392 g/mol. The summed E-state index contributed by atoms with van der Waals surface area (Å²) in [4.78, 5) is 0. The smallest absolute Gasteiger partial charge is 0.0594 e.